The van der Waals surface area contributed by atoms with Gasteiger partial charge in [-0.25, -0.2) is 8.42 Å². The molecule has 0 spiro atoms. The van der Waals surface area contributed by atoms with Crippen LogP contribution in [0.4, 0.5) is 0 Å². The molecule has 2 aromatic carbocycles. The Morgan fingerprint density at radius 3 is 2.69 bits per heavy atom. The molecule has 0 amide bonds. The van der Waals surface area contributed by atoms with Gasteiger partial charge in [-0.05, 0) is 80.1 Å². The van der Waals surface area contributed by atoms with Crippen molar-refractivity contribution >= 4 is 9.84 Å². The Labute approximate surface area is 190 Å². The maximum Gasteiger partial charge on any atom is 0.180 e. The number of hydrogen-bond donors (Lipinski definition) is 1. The molecule has 0 unspecified atom stereocenters. The highest BCUT2D eigenvalue weighted by Gasteiger charge is 2.35. The zero-order valence-corrected chi connectivity index (χ0v) is 19.2. The number of nitrogens with zero attached hydrogens (tertiary/aromatic N) is 2. The number of ether oxygens (including phenoxy) is 1. The van der Waals surface area contributed by atoms with Crippen molar-refractivity contribution in [3.8, 4) is 11.8 Å². The van der Waals surface area contributed by atoms with E-state index in [4.69, 9.17) is 9.84 Å². The number of hydrogen-bond acceptors (Lipinski definition) is 6. The zero-order valence-electron chi connectivity index (χ0n) is 18.4. The smallest absolute Gasteiger partial charge is 0.180 e. The quantitative estimate of drug-likeness (QED) is 0.692. The van der Waals surface area contributed by atoms with E-state index in [1.165, 1.54) is 11.1 Å². The van der Waals surface area contributed by atoms with Gasteiger partial charge in [0.1, 0.15) is 5.75 Å². The minimum Gasteiger partial charge on any atom is -0.493 e. The first-order valence-electron chi connectivity index (χ1n) is 11.2. The summed E-state index contributed by atoms with van der Waals surface area (Å²) in [7, 11) is -3.44. The van der Waals surface area contributed by atoms with Crippen LogP contribution in [0.25, 0.3) is 0 Å². The van der Waals surface area contributed by atoms with Crippen molar-refractivity contribution in [3.63, 3.8) is 0 Å². The van der Waals surface area contributed by atoms with Gasteiger partial charge in [0, 0.05) is 24.5 Å². The van der Waals surface area contributed by atoms with Crippen molar-refractivity contribution < 1.29 is 18.3 Å². The van der Waals surface area contributed by atoms with E-state index in [1.807, 2.05) is 12.1 Å². The van der Waals surface area contributed by atoms with Gasteiger partial charge in [0.2, 0.25) is 0 Å². The molecule has 1 heterocycles. The van der Waals surface area contributed by atoms with E-state index < -0.39 is 9.84 Å². The lowest BCUT2D eigenvalue weighted by Crippen LogP contribution is -2.41. The van der Waals surface area contributed by atoms with Crippen molar-refractivity contribution in [2.24, 2.45) is 5.92 Å². The fourth-order valence-electron chi connectivity index (χ4n) is 5.09. The summed E-state index contributed by atoms with van der Waals surface area (Å²) in [5, 5.41) is 18.1. The van der Waals surface area contributed by atoms with Crippen LogP contribution in [0, 0.1) is 17.2 Å². The second-order valence-electron chi connectivity index (χ2n) is 8.96. The number of nitriles is 1. The van der Waals surface area contributed by atoms with Gasteiger partial charge in [0.05, 0.1) is 35.5 Å². The molecule has 0 radical (unpaired) electrons. The molecule has 1 aliphatic heterocycles. The van der Waals surface area contributed by atoms with Gasteiger partial charge >= 0.3 is 0 Å². The maximum atomic E-state index is 12.0. The molecule has 1 fully saturated rings. The lowest BCUT2D eigenvalue weighted by molar-refractivity contribution is 0.164. The molecule has 0 bridgehead atoms. The molecule has 4 rings (SSSR count). The standard InChI is InChI=1S/C25H30N2O4S/c1-18-12-20(17-31-24-6-8-25(9-7-24)32(29,30)11-10-28)16-27(18)23-5-4-21-3-2-19(15-26)13-22(21)14-23/h2-3,6-9,13,18,20,23,28H,4-5,10-12,14,16-17H2,1H3/t18-,20+,23+/m1/s1. The van der Waals surface area contributed by atoms with Crippen molar-refractivity contribution in [3.05, 3.63) is 59.2 Å². The van der Waals surface area contributed by atoms with E-state index in [1.54, 1.807) is 24.3 Å². The highest BCUT2D eigenvalue weighted by Crippen LogP contribution is 2.32. The molecule has 2 aromatic rings. The number of aliphatic hydroxyl groups is 1. The first-order chi connectivity index (χ1) is 15.4. The van der Waals surface area contributed by atoms with Gasteiger partial charge in [-0.15, -0.1) is 0 Å². The highest BCUT2D eigenvalue weighted by molar-refractivity contribution is 7.91. The van der Waals surface area contributed by atoms with Crippen molar-refractivity contribution in [1.82, 2.24) is 4.90 Å². The molecule has 7 heteroatoms. The Kier molecular flexibility index (Phi) is 6.85. The summed E-state index contributed by atoms with van der Waals surface area (Å²) >= 11 is 0. The molecular weight excluding hydrogens is 424 g/mol. The molecule has 0 aromatic heterocycles. The van der Waals surface area contributed by atoms with E-state index in [0.717, 1.165) is 37.8 Å². The predicted molar refractivity (Wildman–Crippen MR) is 122 cm³/mol. The number of aryl methyl sites for hydroxylation is 1. The number of benzene rings is 2. The Morgan fingerprint density at radius 2 is 1.97 bits per heavy atom. The minimum atomic E-state index is -3.44. The SMILES string of the molecule is C[C@@H]1C[C@H](COc2ccc(S(=O)(=O)CCO)cc2)CN1[C@H]1CCc2ccc(C#N)cc2C1. The monoisotopic (exact) mass is 454 g/mol. The Balaban J connectivity index is 1.33. The van der Waals surface area contributed by atoms with Gasteiger partial charge in [-0.3, -0.25) is 4.90 Å². The predicted octanol–water partition coefficient (Wildman–Crippen LogP) is 2.97. The van der Waals surface area contributed by atoms with Gasteiger partial charge in [-0.1, -0.05) is 6.07 Å². The fourth-order valence-corrected chi connectivity index (χ4v) is 6.11. The van der Waals surface area contributed by atoms with Crippen LogP contribution < -0.4 is 4.74 Å². The molecule has 0 saturated carbocycles. The molecular formula is C25H30N2O4S. The first kappa shape index (κ1) is 22.8. The van der Waals surface area contributed by atoms with Crippen LogP contribution in [0.3, 0.4) is 0 Å². The summed E-state index contributed by atoms with van der Waals surface area (Å²) in [4.78, 5) is 2.80. The van der Waals surface area contributed by atoms with Gasteiger partial charge in [-0.2, -0.15) is 5.26 Å². The van der Waals surface area contributed by atoms with Gasteiger partial charge in [0.15, 0.2) is 9.84 Å². The number of likely N-dealkylation sites (tertiary alicyclic amines) is 1. The molecule has 32 heavy (non-hydrogen) atoms. The lowest BCUT2D eigenvalue weighted by Gasteiger charge is -2.35. The normalized spacial score (nSPS) is 23.5. The number of sulfone groups is 1. The van der Waals surface area contributed by atoms with Crippen LogP contribution in [0.1, 0.15) is 36.5 Å². The lowest BCUT2D eigenvalue weighted by atomic mass is 9.86. The van der Waals surface area contributed by atoms with E-state index >= 15 is 0 Å². The van der Waals surface area contributed by atoms with E-state index in [-0.39, 0.29) is 17.3 Å². The second kappa shape index (κ2) is 9.62. The summed E-state index contributed by atoms with van der Waals surface area (Å²) in [6.07, 6.45) is 4.26. The molecule has 1 saturated heterocycles. The maximum absolute atomic E-state index is 12.0. The van der Waals surface area contributed by atoms with Crippen molar-refractivity contribution in [2.75, 3.05) is 25.5 Å². The molecule has 1 N–H and O–H groups in total. The third-order valence-corrected chi connectivity index (χ3v) is 8.46. The summed E-state index contributed by atoms with van der Waals surface area (Å²) < 4.78 is 30.0. The third kappa shape index (κ3) is 4.98. The molecule has 3 atom stereocenters. The van der Waals surface area contributed by atoms with Gasteiger partial charge < -0.3 is 9.84 Å². The largest absolute Gasteiger partial charge is 0.493 e. The van der Waals surface area contributed by atoms with E-state index in [9.17, 15) is 13.7 Å². The minimum absolute atomic E-state index is 0.205. The first-order valence-corrected chi connectivity index (χ1v) is 12.9. The summed E-state index contributed by atoms with van der Waals surface area (Å²) in [6, 6.07) is 15.8. The van der Waals surface area contributed by atoms with Crippen molar-refractivity contribution in [2.45, 2.75) is 49.6 Å². The highest BCUT2D eigenvalue weighted by atomic mass is 32.2. The summed E-state index contributed by atoms with van der Waals surface area (Å²) in [5.41, 5.74) is 3.42. The molecule has 2 aliphatic rings. The van der Waals surface area contributed by atoms with Crippen LogP contribution in [-0.2, 0) is 22.7 Å². The third-order valence-electron chi connectivity index (χ3n) is 6.75. The van der Waals surface area contributed by atoms with Crippen LogP contribution in [0.15, 0.2) is 47.4 Å². The van der Waals surface area contributed by atoms with E-state index in [2.05, 4.69) is 24.0 Å². The Hall–Kier alpha value is -2.40. The Morgan fingerprint density at radius 1 is 1.19 bits per heavy atom. The second-order valence-corrected chi connectivity index (χ2v) is 11.1. The number of rotatable bonds is 7. The molecule has 1 aliphatic carbocycles. The summed E-state index contributed by atoms with van der Waals surface area (Å²) in [6.45, 7) is 3.48. The van der Waals surface area contributed by atoms with Crippen LogP contribution in [-0.4, -0.2) is 56.0 Å². The number of aliphatic hydroxyl groups excluding tert-OH is 1. The van der Waals surface area contributed by atoms with Crippen molar-refractivity contribution in [1.29, 1.82) is 5.26 Å². The molecule has 6 nitrogen and oxygen atoms in total. The van der Waals surface area contributed by atoms with Crippen LogP contribution in [0.5, 0.6) is 5.75 Å². The molecule has 170 valence electrons. The average molecular weight is 455 g/mol. The Bertz CT molecular complexity index is 1090. The fraction of sp³-hybridized carbons (Fsp3) is 0.480. The topological polar surface area (TPSA) is 90.6 Å². The number of fused-ring (bicyclic) bond motifs is 1. The zero-order chi connectivity index (χ0) is 22.7. The van der Waals surface area contributed by atoms with Gasteiger partial charge in [0.25, 0.3) is 0 Å². The van der Waals surface area contributed by atoms with Crippen LogP contribution in [0.2, 0.25) is 0 Å². The van der Waals surface area contributed by atoms with E-state index in [0.29, 0.717) is 30.4 Å². The van der Waals surface area contributed by atoms with Crippen LogP contribution >= 0.6 is 0 Å². The average Bonchev–Trinajstić information content (AvgIpc) is 3.17. The summed E-state index contributed by atoms with van der Waals surface area (Å²) in [5.74, 6) is 0.816.